The molecule has 2 rings (SSSR count). The maximum Gasteiger partial charge on any atom is 0.410 e. The van der Waals surface area contributed by atoms with Gasteiger partial charge in [-0.15, -0.1) is 0 Å². The minimum atomic E-state index is -0.780. The van der Waals surface area contributed by atoms with E-state index in [1.165, 1.54) is 4.90 Å². The van der Waals surface area contributed by atoms with E-state index >= 15 is 0 Å². The van der Waals surface area contributed by atoms with Crippen molar-refractivity contribution < 1.29 is 19.1 Å². The molecule has 172 valence electrons. The first-order valence-corrected chi connectivity index (χ1v) is 11.0. The van der Waals surface area contributed by atoms with Crippen molar-refractivity contribution in [3.8, 4) is 0 Å². The number of rotatable bonds is 6. The van der Waals surface area contributed by atoms with Crippen LogP contribution in [0.2, 0.25) is 0 Å². The number of piperidine rings is 1. The third kappa shape index (κ3) is 6.71. The lowest BCUT2D eigenvalue weighted by Crippen LogP contribution is -2.59. The van der Waals surface area contributed by atoms with Crippen molar-refractivity contribution in [3.63, 3.8) is 0 Å². The lowest BCUT2D eigenvalue weighted by Gasteiger charge is -2.44. The molecule has 1 aliphatic rings. The van der Waals surface area contributed by atoms with Crippen LogP contribution in [0.25, 0.3) is 0 Å². The number of nitrogens with zero attached hydrogens (tertiary/aromatic N) is 1. The van der Waals surface area contributed by atoms with Crippen molar-refractivity contribution in [2.24, 2.45) is 11.7 Å². The van der Waals surface area contributed by atoms with E-state index < -0.39 is 29.7 Å². The Bertz CT molecular complexity index is 788. The van der Waals surface area contributed by atoms with Crippen LogP contribution in [-0.2, 0) is 19.7 Å². The van der Waals surface area contributed by atoms with Gasteiger partial charge in [0.2, 0.25) is 11.8 Å². The molecule has 7 nitrogen and oxygen atoms in total. The molecule has 1 heterocycles. The molecule has 3 atom stereocenters. The average Bonchev–Trinajstić information content (AvgIpc) is 2.66. The van der Waals surface area contributed by atoms with Gasteiger partial charge < -0.3 is 15.8 Å². The summed E-state index contributed by atoms with van der Waals surface area (Å²) >= 11 is 0. The van der Waals surface area contributed by atoms with E-state index in [1.54, 1.807) is 20.8 Å². The smallest absolute Gasteiger partial charge is 0.410 e. The van der Waals surface area contributed by atoms with E-state index in [1.807, 2.05) is 44.2 Å². The number of ether oxygens (including phenoxy) is 1. The van der Waals surface area contributed by atoms with Gasteiger partial charge in [-0.25, -0.2) is 4.79 Å². The van der Waals surface area contributed by atoms with Gasteiger partial charge in [0.05, 0.1) is 0 Å². The summed E-state index contributed by atoms with van der Waals surface area (Å²) in [4.78, 5) is 39.6. The Morgan fingerprint density at radius 3 is 2.35 bits per heavy atom. The number of carbonyl (C=O) groups is 3. The number of amides is 3. The predicted octanol–water partition coefficient (Wildman–Crippen LogP) is 3.36. The Kier molecular flexibility index (Phi) is 7.73. The highest BCUT2D eigenvalue weighted by molar-refractivity contribution is 5.91. The maximum absolute atomic E-state index is 13.3. The van der Waals surface area contributed by atoms with Gasteiger partial charge >= 0.3 is 6.09 Å². The van der Waals surface area contributed by atoms with Gasteiger partial charge in [-0.1, -0.05) is 51.1 Å². The predicted molar refractivity (Wildman–Crippen MR) is 120 cm³/mol. The summed E-state index contributed by atoms with van der Waals surface area (Å²) in [5, 5.41) is 2.79. The fourth-order valence-corrected chi connectivity index (χ4v) is 4.02. The molecule has 1 aromatic carbocycles. The SMILES string of the molecule is CC(C)C[C@H](NC(=O)[C@@H]1C[C@@](C)(c2ccccc2)CCN1C(=O)OC(C)(C)C)C(N)=O. The van der Waals surface area contributed by atoms with Crippen molar-refractivity contribution in [3.05, 3.63) is 35.9 Å². The van der Waals surface area contributed by atoms with Crippen LogP contribution < -0.4 is 11.1 Å². The molecule has 31 heavy (non-hydrogen) atoms. The van der Waals surface area contributed by atoms with Crippen LogP contribution in [0.3, 0.4) is 0 Å². The van der Waals surface area contributed by atoms with E-state index in [4.69, 9.17) is 10.5 Å². The Morgan fingerprint density at radius 2 is 1.84 bits per heavy atom. The Labute approximate surface area is 185 Å². The largest absolute Gasteiger partial charge is 0.444 e. The number of carbonyl (C=O) groups excluding carboxylic acids is 3. The molecular weight excluding hydrogens is 394 g/mol. The van der Waals surface area contributed by atoms with Crippen LogP contribution in [0.5, 0.6) is 0 Å². The van der Waals surface area contributed by atoms with Crippen molar-refractivity contribution in [2.75, 3.05) is 6.54 Å². The van der Waals surface area contributed by atoms with Gasteiger partial charge in [0.25, 0.3) is 0 Å². The van der Waals surface area contributed by atoms with E-state index in [-0.39, 0.29) is 17.2 Å². The van der Waals surface area contributed by atoms with Gasteiger partial charge in [0.1, 0.15) is 17.7 Å². The Morgan fingerprint density at radius 1 is 1.23 bits per heavy atom. The summed E-state index contributed by atoms with van der Waals surface area (Å²) in [6, 6.07) is 8.45. The number of likely N-dealkylation sites (tertiary alicyclic amines) is 1. The second kappa shape index (κ2) is 9.71. The number of hydrogen-bond donors (Lipinski definition) is 2. The minimum absolute atomic E-state index is 0.181. The molecule has 0 bridgehead atoms. The monoisotopic (exact) mass is 431 g/mol. The lowest BCUT2D eigenvalue weighted by molar-refractivity contribution is -0.132. The number of benzene rings is 1. The van der Waals surface area contributed by atoms with E-state index in [9.17, 15) is 14.4 Å². The zero-order chi connectivity index (χ0) is 23.4. The molecule has 0 radical (unpaired) electrons. The van der Waals surface area contributed by atoms with Crippen molar-refractivity contribution in [1.82, 2.24) is 10.2 Å². The molecule has 0 unspecified atom stereocenters. The normalized spacial score (nSPS) is 22.7. The third-order valence-corrected chi connectivity index (χ3v) is 5.69. The molecule has 1 saturated heterocycles. The van der Waals surface area contributed by atoms with Crippen molar-refractivity contribution >= 4 is 17.9 Å². The van der Waals surface area contributed by atoms with Gasteiger partial charge in [0, 0.05) is 6.54 Å². The molecule has 0 spiro atoms. The first kappa shape index (κ1) is 24.7. The van der Waals surface area contributed by atoms with Crippen LogP contribution in [0.15, 0.2) is 30.3 Å². The molecule has 1 aromatic rings. The van der Waals surface area contributed by atoms with Gasteiger partial charge in [0.15, 0.2) is 0 Å². The van der Waals surface area contributed by atoms with Crippen LogP contribution in [0.1, 0.15) is 66.4 Å². The summed E-state index contributed by atoms with van der Waals surface area (Å²) in [7, 11) is 0. The second-order valence-electron chi connectivity index (χ2n) is 10.2. The summed E-state index contributed by atoms with van der Waals surface area (Å²) < 4.78 is 5.56. The highest BCUT2D eigenvalue weighted by Gasteiger charge is 2.44. The van der Waals surface area contributed by atoms with E-state index in [2.05, 4.69) is 12.2 Å². The fraction of sp³-hybridized carbons (Fsp3) is 0.625. The average molecular weight is 432 g/mol. The van der Waals surface area contributed by atoms with Gasteiger partial charge in [-0.2, -0.15) is 0 Å². The molecule has 3 N–H and O–H groups in total. The molecular formula is C24H37N3O4. The lowest BCUT2D eigenvalue weighted by atomic mass is 9.71. The maximum atomic E-state index is 13.3. The zero-order valence-electron chi connectivity index (χ0n) is 19.6. The van der Waals surface area contributed by atoms with Crippen LogP contribution in [0.4, 0.5) is 4.79 Å². The van der Waals surface area contributed by atoms with Gasteiger partial charge in [-0.3, -0.25) is 14.5 Å². The van der Waals surface area contributed by atoms with Gasteiger partial charge in [-0.05, 0) is 56.9 Å². The van der Waals surface area contributed by atoms with Crippen molar-refractivity contribution in [1.29, 1.82) is 0 Å². The minimum Gasteiger partial charge on any atom is -0.444 e. The summed E-state index contributed by atoms with van der Waals surface area (Å²) in [6.07, 6.45) is 1.04. The van der Waals surface area contributed by atoms with Crippen molar-refractivity contribution in [2.45, 2.75) is 83.9 Å². The summed E-state index contributed by atoms with van der Waals surface area (Å²) in [5.74, 6) is -0.773. The highest BCUT2D eigenvalue weighted by atomic mass is 16.6. The third-order valence-electron chi connectivity index (χ3n) is 5.69. The Hall–Kier alpha value is -2.57. The number of primary amides is 1. The molecule has 1 fully saturated rings. The topological polar surface area (TPSA) is 102 Å². The summed E-state index contributed by atoms with van der Waals surface area (Å²) in [6.45, 7) is 11.8. The number of nitrogens with two attached hydrogens (primary N) is 1. The number of nitrogens with one attached hydrogen (secondary N) is 1. The molecule has 7 heteroatoms. The first-order chi connectivity index (χ1) is 14.3. The standard InChI is InChI=1S/C24H37N3O4/c1-16(2)14-18(20(25)28)26-21(29)19-15-24(6,17-10-8-7-9-11-17)12-13-27(19)22(30)31-23(3,4)5/h7-11,16,18-19H,12-15H2,1-6H3,(H2,25,28)(H,26,29)/t18-,19-,24-/m0/s1. The van der Waals surface area contributed by atoms with Crippen LogP contribution in [-0.4, -0.2) is 47.0 Å². The molecule has 3 amide bonds. The van der Waals surface area contributed by atoms with Crippen LogP contribution in [0, 0.1) is 5.92 Å². The van der Waals surface area contributed by atoms with E-state index in [0.29, 0.717) is 25.8 Å². The highest BCUT2D eigenvalue weighted by Crippen LogP contribution is 2.38. The first-order valence-electron chi connectivity index (χ1n) is 11.0. The Balaban J connectivity index is 2.32. The fourth-order valence-electron chi connectivity index (χ4n) is 4.02. The summed E-state index contributed by atoms with van der Waals surface area (Å²) in [5.41, 5.74) is 5.68. The number of hydrogen-bond acceptors (Lipinski definition) is 4. The quantitative estimate of drug-likeness (QED) is 0.721. The zero-order valence-corrected chi connectivity index (χ0v) is 19.6. The second-order valence-corrected chi connectivity index (χ2v) is 10.2. The molecule has 0 aromatic heterocycles. The molecule has 0 saturated carbocycles. The van der Waals surface area contributed by atoms with E-state index in [0.717, 1.165) is 5.56 Å². The van der Waals surface area contributed by atoms with Crippen LogP contribution >= 0.6 is 0 Å². The molecule has 0 aliphatic carbocycles. The molecule has 1 aliphatic heterocycles.